The number of para-hydroxylation sites is 2. The zero-order valence-electron chi connectivity index (χ0n) is 11.2. The summed E-state index contributed by atoms with van der Waals surface area (Å²) in [6.07, 6.45) is 3.13. The molecule has 0 fully saturated rings. The molecule has 0 N–H and O–H groups in total. The fraction of sp³-hybridized carbons (Fsp3) is 0.133. The monoisotopic (exact) mass is 306 g/mol. The standard InChI is InChI=1S/C15H14O3S2/c1-19-13-9-5-3-7-11(13)17-15(16)18-12-8-4-6-10-14(12)20-2/h3-10H,1-2H3. The van der Waals surface area contributed by atoms with E-state index in [0.717, 1.165) is 9.79 Å². The Labute approximate surface area is 126 Å². The first kappa shape index (κ1) is 14.8. The maximum absolute atomic E-state index is 11.9. The Kier molecular flexibility index (Phi) is 5.38. The summed E-state index contributed by atoms with van der Waals surface area (Å²) in [4.78, 5) is 13.6. The number of ether oxygens (including phenoxy) is 2. The lowest BCUT2D eigenvalue weighted by Gasteiger charge is -2.10. The molecule has 0 atom stereocenters. The van der Waals surface area contributed by atoms with Gasteiger partial charge in [0.1, 0.15) is 11.5 Å². The van der Waals surface area contributed by atoms with Gasteiger partial charge < -0.3 is 9.47 Å². The molecule has 0 heterocycles. The van der Waals surface area contributed by atoms with Crippen LogP contribution >= 0.6 is 23.5 Å². The van der Waals surface area contributed by atoms with Gasteiger partial charge in [-0.1, -0.05) is 24.3 Å². The van der Waals surface area contributed by atoms with Gasteiger partial charge in [-0.2, -0.15) is 0 Å². The molecule has 3 nitrogen and oxygen atoms in total. The van der Waals surface area contributed by atoms with Crippen molar-refractivity contribution in [1.82, 2.24) is 0 Å². The van der Waals surface area contributed by atoms with Gasteiger partial charge in [0.2, 0.25) is 0 Å². The minimum atomic E-state index is -0.729. The average Bonchev–Trinajstić information content (AvgIpc) is 2.48. The Balaban J connectivity index is 2.09. The number of rotatable bonds is 4. The van der Waals surface area contributed by atoms with Crippen LogP contribution in [0.25, 0.3) is 0 Å². The summed E-state index contributed by atoms with van der Waals surface area (Å²) in [5.41, 5.74) is 0. The van der Waals surface area contributed by atoms with Crippen molar-refractivity contribution in [1.29, 1.82) is 0 Å². The molecule has 0 spiro atoms. The van der Waals surface area contributed by atoms with Crippen molar-refractivity contribution in [3.63, 3.8) is 0 Å². The summed E-state index contributed by atoms with van der Waals surface area (Å²) in [5, 5.41) is 0. The van der Waals surface area contributed by atoms with Crippen molar-refractivity contribution in [3.8, 4) is 11.5 Å². The molecular weight excluding hydrogens is 292 g/mol. The summed E-state index contributed by atoms with van der Waals surface area (Å²) in [6, 6.07) is 14.7. The van der Waals surface area contributed by atoms with Gasteiger partial charge in [-0.15, -0.1) is 23.5 Å². The Morgan fingerprint density at radius 3 is 1.60 bits per heavy atom. The van der Waals surface area contributed by atoms with Crippen LogP contribution in [0.15, 0.2) is 58.3 Å². The lowest BCUT2D eigenvalue weighted by Crippen LogP contribution is -2.14. The highest BCUT2D eigenvalue weighted by Crippen LogP contribution is 2.29. The number of benzene rings is 2. The van der Waals surface area contributed by atoms with E-state index in [1.807, 2.05) is 48.9 Å². The van der Waals surface area contributed by atoms with Crippen LogP contribution in [-0.2, 0) is 0 Å². The highest BCUT2D eigenvalue weighted by molar-refractivity contribution is 7.99. The number of hydrogen-bond donors (Lipinski definition) is 0. The molecule has 0 aliphatic heterocycles. The van der Waals surface area contributed by atoms with Gasteiger partial charge in [0.15, 0.2) is 0 Å². The molecule has 0 aliphatic carbocycles. The summed E-state index contributed by atoms with van der Waals surface area (Å²) < 4.78 is 10.5. The summed E-state index contributed by atoms with van der Waals surface area (Å²) >= 11 is 3.03. The third-order valence-corrected chi connectivity index (χ3v) is 4.08. The minimum Gasteiger partial charge on any atom is -0.394 e. The first-order valence-corrected chi connectivity index (χ1v) is 8.35. The second-order valence-corrected chi connectivity index (χ2v) is 5.45. The van der Waals surface area contributed by atoms with Crippen molar-refractivity contribution >= 4 is 29.7 Å². The van der Waals surface area contributed by atoms with Crippen molar-refractivity contribution in [2.24, 2.45) is 0 Å². The van der Waals surface area contributed by atoms with Crippen LogP contribution in [0.3, 0.4) is 0 Å². The molecule has 2 rings (SSSR count). The summed E-state index contributed by atoms with van der Waals surface area (Å²) in [6.45, 7) is 0. The summed E-state index contributed by atoms with van der Waals surface area (Å²) in [5.74, 6) is 1.01. The number of thioether (sulfide) groups is 2. The molecule has 2 aromatic rings. The Morgan fingerprint density at radius 1 is 0.800 bits per heavy atom. The molecule has 0 aliphatic rings. The van der Waals surface area contributed by atoms with E-state index in [0.29, 0.717) is 11.5 Å². The van der Waals surface area contributed by atoms with Gasteiger partial charge in [0, 0.05) is 0 Å². The van der Waals surface area contributed by atoms with Crippen LogP contribution in [0.1, 0.15) is 0 Å². The van der Waals surface area contributed by atoms with Gasteiger partial charge in [-0.05, 0) is 36.8 Å². The van der Waals surface area contributed by atoms with Gasteiger partial charge in [0.05, 0.1) is 9.79 Å². The molecule has 20 heavy (non-hydrogen) atoms. The molecule has 2 aromatic carbocycles. The molecule has 5 heteroatoms. The van der Waals surface area contributed by atoms with E-state index in [2.05, 4.69) is 0 Å². The molecular formula is C15H14O3S2. The van der Waals surface area contributed by atoms with Crippen molar-refractivity contribution in [2.75, 3.05) is 12.5 Å². The van der Waals surface area contributed by atoms with E-state index in [1.165, 1.54) is 23.5 Å². The fourth-order valence-electron chi connectivity index (χ4n) is 1.61. The van der Waals surface area contributed by atoms with Crippen LogP contribution in [0.2, 0.25) is 0 Å². The minimum absolute atomic E-state index is 0.506. The molecule has 0 bridgehead atoms. The van der Waals surface area contributed by atoms with E-state index in [4.69, 9.17) is 9.47 Å². The lowest BCUT2D eigenvalue weighted by molar-refractivity contribution is 0.149. The Bertz CT molecular complexity index is 548. The fourth-order valence-corrected chi connectivity index (χ4v) is 2.66. The third kappa shape index (κ3) is 3.71. The van der Waals surface area contributed by atoms with Gasteiger partial charge in [-0.25, -0.2) is 4.79 Å². The molecule has 0 saturated heterocycles. The van der Waals surface area contributed by atoms with Crippen LogP contribution in [-0.4, -0.2) is 18.7 Å². The zero-order valence-corrected chi connectivity index (χ0v) is 12.8. The Morgan fingerprint density at radius 2 is 1.20 bits per heavy atom. The largest absolute Gasteiger partial charge is 0.519 e. The number of carbonyl (C=O) groups excluding carboxylic acids is 1. The van der Waals surface area contributed by atoms with E-state index in [9.17, 15) is 4.79 Å². The van der Waals surface area contributed by atoms with Gasteiger partial charge >= 0.3 is 6.16 Å². The third-order valence-electron chi connectivity index (χ3n) is 2.52. The van der Waals surface area contributed by atoms with E-state index < -0.39 is 6.16 Å². The van der Waals surface area contributed by atoms with E-state index >= 15 is 0 Å². The number of carbonyl (C=O) groups is 1. The van der Waals surface area contributed by atoms with Gasteiger partial charge in [-0.3, -0.25) is 0 Å². The number of hydrogen-bond acceptors (Lipinski definition) is 5. The van der Waals surface area contributed by atoms with Crippen molar-refractivity contribution < 1.29 is 14.3 Å². The lowest BCUT2D eigenvalue weighted by atomic mass is 10.3. The Hall–Kier alpha value is -1.59. The smallest absolute Gasteiger partial charge is 0.394 e. The highest BCUT2D eigenvalue weighted by Gasteiger charge is 2.12. The molecule has 0 amide bonds. The van der Waals surface area contributed by atoms with Crippen molar-refractivity contribution in [2.45, 2.75) is 9.79 Å². The van der Waals surface area contributed by atoms with Gasteiger partial charge in [0.25, 0.3) is 0 Å². The maximum atomic E-state index is 11.9. The predicted molar refractivity (Wildman–Crippen MR) is 83.1 cm³/mol. The molecule has 0 radical (unpaired) electrons. The molecule has 104 valence electrons. The molecule has 0 unspecified atom stereocenters. The quantitative estimate of drug-likeness (QED) is 0.464. The van der Waals surface area contributed by atoms with Crippen molar-refractivity contribution in [3.05, 3.63) is 48.5 Å². The first-order chi connectivity index (χ1) is 9.74. The van der Waals surface area contributed by atoms with Crippen LogP contribution in [0.4, 0.5) is 4.79 Å². The normalized spacial score (nSPS) is 10.1. The van der Waals surface area contributed by atoms with Crippen LogP contribution < -0.4 is 9.47 Å². The topological polar surface area (TPSA) is 35.5 Å². The van der Waals surface area contributed by atoms with E-state index in [1.54, 1.807) is 12.1 Å². The highest BCUT2D eigenvalue weighted by atomic mass is 32.2. The second kappa shape index (κ2) is 7.26. The molecule has 0 saturated carbocycles. The second-order valence-electron chi connectivity index (χ2n) is 3.76. The maximum Gasteiger partial charge on any atom is 0.519 e. The predicted octanol–water partition coefficient (Wildman–Crippen LogP) is 4.71. The SMILES string of the molecule is CSc1ccccc1OC(=O)Oc1ccccc1SC. The zero-order chi connectivity index (χ0) is 14.4. The van der Waals surface area contributed by atoms with Crippen LogP contribution in [0, 0.1) is 0 Å². The summed E-state index contributed by atoms with van der Waals surface area (Å²) in [7, 11) is 0. The first-order valence-electron chi connectivity index (χ1n) is 5.90. The average molecular weight is 306 g/mol. The van der Waals surface area contributed by atoms with Crippen LogP contribution in [0.5, 0.6) is 11.5 Å². The van der Waals surface area contributed by atoms with E-state index in [-0.39, 0.29) is 0 Å². The molecule has 0 aromatic heterocycles.